The molecule has 6 nitrogen and oxygen atoms in total. The summed E-state index contributed by atoms with van der Waals surface area (Å²) in [5, 5.41) is 10.6. The Labute approximate surface area is 136 Å². The quantitative estimate of drug-likeness (QED) is 0.529. The van der Waals surface area contributed by atoms with Crippen molar-refractivity contribution in [2.45, 2.75) is 11.3 Å². The molecule has 0 radical (unpaired) electrons. The second-order valence-electron chi connectivity index (χ2n) is 5.03. The van der Waals surface area contributed by atoms with E-state index in [-0.39, 0.29) is 17.5 Å². The maximum Gasteiger partial charge on any atom is 0.269 e. The zero-order valence-electron chi connectivity index (χ0n) is 12.0. The number of hydrogen-bond acceptors (Lipinski definition) is 6. The van der Waals surface area contributed by atoms with Crippen molar-refractivity contribution in [3.05, 3.63) is 75.8 Å². The molecule has 0 aromatic heterocycles. The van der Waals surface area contributed by atoms with Crippen LogP contribution in [0, 0.1) is 10.1 Å². The number of thioether (sulfide) groups is 1. The number of benzene rings is 2. The molecule has 7 heteroatoms. The summed E-state index contributed by atoms with van der Waals surface area (Å²) >= 11 is 1.23. The molecule has 2 aromatic carbocycles. The molecule has 0 saturated carbocycles. The fourth-order valence-corrected chi connectivity index (χ4v) is 3.46. The first kappa shape index (κ1) is 15.2. The first-order chi connectivity index (χ1) is 11.1. The summed E-state index contributed by atoms with van der Waals surface area (Å²) in [6.45, 7) is 0. The van der Waals surface area contributed by atoms with Crippen molar-refractivity contribution in [2.24, 2.45) is 10.7 Å². The van der Waals surface area contributed by atoms with Gasteiger partial charge in [-0.05, 0) is 17.7 Å². The average molecular weight is 327 g/mol. The number of non-ortho nitro benzene ring substituents is 1. The minimum atomic E-state index is -0.494. The Bertz CT molecular complexity index is 775. The van der Waals surface area contributed by atoms with Crippen LogP contribution in [0.2, 0.25) is 0 Å². The molecule has 0 aliphatic carbocycles. The van der Waals surface area contributed by atoms with Crippen LogP contribution in [0.5, 0.6) is 0 Å². The second-order valence-corrected chi connectivity index (χ2v) is 6.19. The van der Waals surface area contributed by atoms with Crippen LogP contribution in [-0.2, 0) is 0 Å². The van der Waals surface area contributed by atoms with E-state index < -0.39 is 10.2 Å². The molecule has 0 fully saturated rings. The molecule has 0 amide bonds. The number of ketones is 1. The van der Waals surface area contributed by atoms with Crippen molar-refractivity contribution >= 4 is 28.4 Å². The summed E-state index contributed by atoms with van der Waals surface area (Å²) < 4.78 is 0. The Balaban J connectivity index is 1.87. The van der Waals surface area contributed by atoms with E-state index in [0.717, 1.165) is 5.56 Å². The van der Waals surface area contributed by atoms with Crippen molar-refractivity contribution in [1.82, 2.24) is 0 Å². The molecule has 3 rings (SSSR count). The summed E-state index contributed by atoms with van der Waals surface area (Å²) in [5.41, 5.74) is 7.09. The highest BCUT2D eigenvalue weighted by molar-refractivity contribution is 8.15. The van der Waals surface area contributed by atoms with Crippen LogP contribution in [0.4, 0.5) is 5.69 Å². The SMILES string of the molecule is NC1=N[C@@H](c2ccccc2)[C@@H](C(=O)c2ccc([N+](=O)[O-])cc2)S1. The number of rotatable bonds is 4. The summed E-state index contributed by atoms with van der Waals surface area (Å²) in [6.07, 6.45) is 0. The van der Waals surface area contributed by atoms with Crippen LogP contribution < -0.4 is 5.73 Å². The molecular weight excluding hydrogens is 314 g/mol. The lowest BCUT2D eigenvalue weighted by molar-refractivity contribution is -0.384. The van der Waals surface area contributed by atoms with Gasteiger partial charge in [0.2, 0.25) is 0 Å². The molecule has 2 aromatic rings. The van der Waals surface area contributed by atoms with Crippen molar-refractivity contribution in [2.75, 3.05) is 0 Å². The standard InChI is InChI=1S/C16H13N3O3S/c17-16-18-13(10-4-2-1-3-5-10)15(23-16)14(20)11-6-8-12(9-7-11)19(21)22/h1-9,13,15H,(H2,17,18)/t13-,15-/m0/s1. The lowest BCUT2D eigenvalue weighted by atomic mass is 9.98. The fraction of sp³-hybridized carbons (Fsp3) is 0.125. The van der Waals surface area contributed by atoms with Crippen LogP contribution in [0.25, 0.3) is 0 Å². The molecule has 0 bridgehead atoms. The molecule has 116 valence electrons. The highest BCUT2D eigenvalue weighted by atomic mass is 32.2. The number of nitrogens with zero attached hydrogens (tertiary/aromatic N) is 2. The Morgan fingerprint density at radius 2 is 1.78 bits per heavy atom. The van der Waals surface area contributed by atoms with Gasteiger partial charge in [0.1, 0.15) is 5.25 Å². The lowest BCUT2D eigenvalue weighted by Crippen LogP contribution is -2.22. The number of nitro benzene ring substituents is 1. The molecule has 1 aliphatic heterocycles. The van der Waals surface area contributed by atoms with Crippen LogP contribution >= 0.6 is 11.8 Å². The smallest absolute Gasteiger partial charge is 0.269 e. The largest absolute Gasteiger partial charge is 0.378 e. The van der Waals surface area contributed by atoms with Gasteiger partial charge < -0.3 is 5.73 Å². The van der Waals surface area contributed by atoms with Crippen LogP contribution in [0.1, 0.15) is 22.0 Å². The monoisotopic (exact) mass is 327 g/mol. The summed E-state index contributed by atoms with van der Waals surface area (Å²) in [5.74, 6) is -0.136. The average Bonchev–Trinajstić information content (AvgIpc) is 2.97. The zero-order chi connectivity index (χ0) is 16.4. The van der Waals surface area contributed by atoms with E-state index in [2.05, 4.69) is 4.99 Å². The van der Waals surface area contributed by atoms with Gasteiger partial charge in [0, 0.05) is 17.7 Å². The minimum Gasteiger partial charge on any atom is -0.378 e. The van der Waals surface area contributed by atoms with Crippen LogP contribution in [0.3, 0.4) is 0 Å². The van der Waals surface area contributed by atoms with Gasteiger partial charge in [-0.25, -0.2) is 0 Å². The molecule has 1 aliphatic rings. The zero-order valence-corrected chi connectivity index (χ0v) is 12.8. The van der Waals surface area contributed by atoms with Crippen LogP contribution in [0.15, 0.2) is 59.6 Å². The van der Waals surface area contributed by atoms with Gasteiger partial charge in [0.05, 0.1) is 11.0 Å². The number of carbonyl (C=O) groups excluding carboxylic acids is 1. The van der Waals surface area contributed by atoms with Crippen molar-refractivity contribution in [1.29, 1.82) is 0 Å². The van der Waals surface area contributed by atoms with Gasteiger partial charge in [-0.2, -0.15) is 0 Å². The Morgan fingerprint density at radius 1 is 1.13 bits per heavy atom. The molecule has 0 spiro atoms. The number of Topliss-reactive ketones (excluding diaryl/α,β-unsaturated/α-hetero) is 1. The summed E-state index contributed by atoms with van der Waals surface area (Å²) in [7, 11) is 0. The molecule has 1 heterocycles. The molecule has 0 unspecified atom stereocenters. The number of nitro groups is 1. The van der Waals surface area contributed by atoms with E-state index in [1.165, 1.54) is 36.0 Å². The van der Waals surface area contributed by atoms with Crippen molar-refractivity contribution in [3.8, 4) is 0 Å². The van der Waals surface area contributed by atoms with E-state index in [0.29, 0.717) is 10.7 Å². The van der Waals surface area contributed by atoms with E-state index >= 15 is 0 Å². The van der Waals surface area contributed by atoms with E-state index in [1.807, 2.05) is 30.3 Å². The highest BCUT2D eigenvalue weighted by Gasteiger charge is 2.36. The van der Waals surface area contributed by atoms with Crippen molar-refractivity contribution < 1.29 is 9.72 Å². The third-order valence-electron chi connectivity index (χ3n) is 3.56. The second kappa shape index (κ2) is 6.21. The number of nitrogens with two attached hydrogens (primary N) is 1. The van der Waals surface area contributed by atoms with Crippen molar-refractivity contribution in [3.63, 3.8) is 0 Å². The minimum absolute atomic E-state index is 0.0454. The van der Waals surface area contributed by atoms with Crippen LogP contribution in [-0.4, -0.2) is 21.1 Å². The molecule has 23 heavy (non-hydrogen) atoms. The normalized spacial score (nSPS) is 20.1. The number of aliphatic imine (C=N–C) groups is 1. The maximum absolute atomic E-state index is 12.7. The summed E-state index contributed by atoms with van der Waals surface area (Å²) in [6, 6.07) is 14.7. The fourth-order valence-electron chi connectivity index (χ4n) is 2.44. The highest BCUT2D eigenvalue weighted by Crippen LogP contribution is 2.38. The topological polar surface area (TPSA) is 98.6 Å². The predicted octanol–water partition coefficient (Wildman–Crippen LogP) is 2.95. The summed E-state index contributed by atoms with van der Waals surface area (Å²) in [4.78, 5) is 27.3. The Kier molecular flexibility index (Phi) is 4.12. The molecule has 0 saturated heterocycles. The van der Waals surface area contributed by atoms with Gasteiger partial charge in [0.15, 0.2) is 11.0 Å². The molecule has 2 atom stereocenters. The van der Waals surface area contributed by atoms with Gasteiger partial charge in [-0.15, -0.1) is 0 Å². The molecule has 2 N–H and O–H groups in total. The van der Waals surface area contributed by atoms with E-state index in [1.54, 1.807) is 0 Å². The maximum atomic E-state index is 12.7. The third-order valence-corrected chi connectivity index (χ3v) is 4.64. The number of amidine groups is 1. The Morgan fingerprint density at radius 3 is 2.39 bits per heavy atom. The Hall–Kier alpha value is -2.67. The van der Waals surface area contributed by atoms with Gasteiger partial charge in [-0.3, -0.25) is 19.9 Å². The predicted molar refractivity (Wildman–Crippen MR) is 89.6 cm³/mol. The first-order valence-electron chi connectivity index (χ1n) is 6.90. The van der Waals surface area contributed by atoms with E-state index in [9.17, 15) is 14.9 Å². The third kappa shape index (κ3) is 3.09. The first-order valence-corrected chi connectivity index (χ1v) is 7.78. The lowest BCUT2D eigenvalue weighted by Gasteiger charge is -2.16. The number of carbonyl (C=O) groups is 1. The number of hydrogen-bond donors (Lipinski definition) is 1. The van der Waals surface area contributed by atoms with Gasteiger partial charge >= 0.3 is 0 Å². The molecular formula is C16H13N3O3S. The van der Waals surface area contributed by atoms with Gasteiger partial charge in [0.25, 0.3) is 5.69 Å². The van der Waals surface area contributed by atoms with E-state index in [4.69, 9.17) is 5.73 Å². The van der Waals surface area contributed by atoms with Gasteiger partial charge in [-0.1, -0.05) is 42.1 Å².